The van der Waals surface area contributed by atoms with E-state index in [-0.39, 0.29) is 29.4 Å². The maximum absolute atomic E-state index is 11.4. The maximum atomic E-state index is 11.4. The molecule has 0 saturated heterocycles. The molecule has 16 heavy (non-hydrogen) atoms. The first-order chi connectivity index (χ1) is 7.01. The molecule has 0 aromatic heterocycles. The Kier molecular flexibility index (Phi) is 9.94. The van der Waals surface area contributed by atoms with Gasteiger partial charge in [0, 0.05) is 23.5 Å². The third kappa shape index (κ3) is 7.25. The third-order valence-electron chi connectivity index (χ3n) is 1.69. The maximum Gasteiger partial charge on any atom is 0.336 e. The molecule has 7 heteroatoms. The van der Waals surface area contributed by atoms with Crippen molar-refractivity contribution < 1.29 is 31.4 Å². The smallest absolute Gasteiger partial charge is 0.336 e. The fourth-order valence-electron chi connectivity index (χ4n) is 0.981. The molecule has 0 saturated carbocycles. The van der Waals surface area contributed by atoms with Gasteiger partial charge in [0.25, 0.3) is 0 Å². The molecule has 1 unspecified atom stereocenters. The summed E-state index contributed by atoms with van der Waals surface area (Å²) in [5, 5.41) is 9.44. The van der Waals surface area contributed by atoms with Crippen molar-refractivity contribution >= 4 is 17.9 Å². The van der Waals surface area contributed by atoms with Gasteiger partial charge in [0.2, 0.25) is 0 Å². The molecule has 0 aromatic carbocycles. The van der Waals surface area contributed by atoms with E-state index in [9.17, 15) is 9.59 Å². The third-order valence-corrected chi connectivity index (χ3v) is 1.69. The summed E-state index contributed by atoms with van der Waals surface area (Å²) in [6.45, 7) is 3.48. The zero-order chi connectivity index (χ0) is 11.8. The van der Waals surface area contributed by atoms with Crippen molar-refractivity contribution in [3.05, 3.63) is 0 Å². The van der Waals surface area contributed by atoms with Crippen molar-refractivity contribution in [3.63, 3.8) is 0 Å². The average molecular weight is 271 g/mol. The van der Waals surface area contributed by atoms with Crippen LogP contribution in [-0.4, -0.2) is 23.9 Å². The summed E-state index contributed by atoms with van der Waals surface area (Å²) in [6.07, 6.45) is 1.33. The van der Waals surface area contributed by atoms with E-state index in [0.29, 0.717) is 6.42 Å². The van der Waals surface area contributed by atoms with Crippen LogP contribution >= 0.6 is 0 Å². The van der Waals surface area contributed by atoms with Crippen LogP contribution in [0.25, 0.3) is 0 Å². The van der Waals surface area contributed by atoms with E-state index >= 15 is 0 Å². The number of hydrogen-bond donors (Lipinski definition) is 3. The molecule has 0 aliphatic heterocycles. The predicted molar refractivity (Wildman–Crippen MR) is 55.1 cm³/mol. The minimum atomic E-state index is -0.719. The Bertz CT molecular complexity index is 258. The molecule has 6 nitrogen and oxygen atoms in total. The number of guanidine groups is 1. The van der Waals surface area contributed by atoms with E-state index in [1.807, 2.05) is 6.92 Å². The van der Waals surface area contributed by atoms with Gasteiger partial charge in [0.15, 0.2) is 5.96 Å². The molecule has 0 bridgehead atoms. The largest absolute Gasteiger partial charge is 0.392 e. The second-order valence-corrected chi connectivity index (χ2v) is 3.05. The second-order valence-electron chi connectivity index (χ2n) is 3.05. The normalized spacial score (nSPS) is 10.9. The second kappa shape index (κ2) is 9.18. The topological polar surface area (TPSA) is 105 Å². The van der Waals surface area contributed by atoms with Crippen LogP contribution < -0.4 is 11.1 Å². The average Bonchev–Trinajstić information content (AvgIpc) is 2.16. The Morgan fingerprint density at radius 1 is 1.44 bits per heavy atom. The van der Waals surface area contributed by atoms with Crippen LogP contribution in [0.3, 0.4) is 0 Å². The van der Waals surface area contributed by atoms with E-state index in [1.165, 1.54) is 0 Å². The fraction of sp³-hybridized carbons (Fsp3) is 0.667. The number of hydrogen-bond acceptors (Lipinski definition) is 4. The van der Waals surface area contributed by atoms with Crippen molar-refractivity contribution in [3.8, 4) is 0 Å². The van der Waals surface area contributed by atoms with Crippen LogP contribution in [0.1, 0.15) is 33.1 Å². The molecule has 0 rings (SSSR count). The number of rotatable bonds is 5. The monoisotopic (exact) mass is 271 g/mol. The summed E-state index contributed by atoms with van der Waals surface area (Å²) in [4.78, 5) is 22.2. The van der Waals surface area contributed by atoms with Gasteiger partial charge in [-0.2, -0.15) is 0 Å². The van der Waals surface area contributed by atoms with Crippen LogP contribution in [0, 0.1) is 5.41 Å². The van der Waals surface area contributed by atoms with Crippen LogP contribution in [0.2, 0.25) is 0 Å². The minimum Gasteiger partial charge on any atom is -0.392 e. The molecule has 0 radical (unpaired) electrons. The van der Waals surface area contributed by atoms with Gasteiger partial charge in [-0.05, 0) is 6.42 Å². The molecule has 0 amide bonds. The van der Waals surface area contributed by atoms with Gasteiger partial charge in [0.1, 0.15) is 6.04 Å². The van der Waals surface area contributed by atoms with Crippen molar-refractivity contribution in [1.29, 1.82) is 5.41 Å². The van der Waals surface area contributed by atoms with Gasteiger partial charge in [-0.15, -0.1) is 0 Å². The van der Waals surface area contributed by atoms with E-state index in [4.69, 9.17) is 11.1 Å². The van der Waals surface area contributed by atoms with Crippen molar-refractivity contribution in [2.75, 3.05) is 0 Å². The van der Waals surface area contributed by atoms with Crippen molar-refractivity contribution in [2.45, 2.75) is 39.2 Å². The number of nitrogens with two attached hydrogens (primary N) is 1. The Morgan fingerprint density at radius 3 is 2.38 bits per heavy atom. The minimum absolute atomic E-state index is 0. The van der Waals surface area contributed by atoms with Gasteiger partial charge in [0.05, 0.1) is 0 Å². The van der Waals surface area contributed by atoms with Gasteiger partial charge >= 0.3 is 11.9 Å². The zero-order valence-electron chi connectivity index (χ0n) is 9.35. The molecule has 0 aliphatic rings. The van der Waals surface area contributed by atoms with E-state index in [0.717, 1.165) is 6.42 Å². The Balaban J connectivity index is 0. The Labute approximate surface area is 105 Å². The molecule has 4 N–H and O–H groups in total. The van der Waals surface area contributed by atoms with E-state index < -0.39 is 18.0 Å². The summed E-state index contributed by atoms with van der Waals surface area (Å²) >= 11 is 0. The molecular formula is C9H17FeN3O3. The first-order valence-corrected chi connectivity index (χ1v) is 4.86. The summed E-state index contributed by atoms with van der Waals surface area (Å²) in [6, 6.07) is -0.719. The van der Waals surface area contributed by atoms with Crippen LogP contribution in [0.5, 0.6) is 0 Å². The van der Waals surface area contributed by atoms with Gasteiger partial charge in [-0.1, -0.05) is 20.3 Å². The SMILES string of the molecule is CCCC(NC(=N)N)C(=O)OC(=O)CC.[Fe]. The molecule has 0 fully saturated rings. The molecule has 0 aliphatic carbocycles. The fourth-order valence-corrected chi connectivity index (χ4v) is 0.981. The van der Waals surface area contributed by atoms with Gasteiger partial charge in [-0.3, -0.25) is 10.2 Å². The number of nitrogens with one attached hydrogen (secondary N) is 2. The van der Waals surface area contributed by atoms with Crippen LogP contribution in [0.15, 0.2) is 0 Å². The number of esters is 2. The van der Waals surface area contributed by atoms with E-state index in [2.05, 4.69) is 10.1 Å². The van der Waals surface area contributed by atoms with Gasteiger partial charge < -0.3 is 15.8 Å². The number of carbonyl (C=O) groups excluding carboxylic acids is 2. The summed E-state index contributed by atoms with van der Waals surface area (Å²) in [5.74, 6) is -1.57. The van der Waals surface area contributed by atoms with Crippen molar-refractivity contribution in [2.24, 2.45) is 5.73 Å². The van der Waals surface area contributed by atoms with Gasteiger partial charge in [-0.25, -0.2) is 4.79 Å². The molecule has 0 heterocycles. The summed E-state index contributed by atoms with van der Waals surface area (Å²) in [5.41, 5.74) is 5.10. The Hall–Kier alpha value is -1.07. The van der Waals surface area contributed by atoms with Crippen LogP contribution in [0.4, 0.5) is 0 Å². The quantitative estimate of drug-likeness (QED) is 0.216. The number of ether oxygens (including phenoxy) is 1. The first kappa shape index (κ1) is 17.3. The molecule has 94 valence electrons. The van der Waals surface area contributed by atoms with Crippen LogP contribution in [-0.2, 0) is 31.4 Å². The van der Waals surface area contributed by atoms with E-state index in [1.54, 1.807) is 6.92 Å². The van der Waals surface area contributed by atoms with Crippen molar-refractivity contribution in [1.82, 2.24) is 5.32 Å². The molecule has 0 spiro atoms. The molecular weight excluding hydrogens is 254 g/mol. The zero-order valence-corrected chi connectivity index (χ0v) is 10.5. The predicted octanol–water partition coefficient (Wildman–Crippen LogP) is 0.115. The standard InChI is InChI=1S/C9H17N3O3.Fe/c1-3-5-6(12-9(10)11)8(14)15-7(13)4-2;/h6H,3-5H2,1-2H3,(H4,10,11,12);. The first-order valence-electron chi connectivity index (χ1n) is 4.86. The molecule has 1 atom stereocenters. The number of carbonyl (C=O) groups is 2. The Morgan fingerprint density at radius 2 is 2.00 bits per heavy atom. The molecule has 0 aromatic rings. The summed E-state index contributed by atoms with van der Waals surface area (Å²) in [7, 11) is 0. The summed E-state index contributed by atoms with van der Waals surface area (Å²) < 4.78 is 4.52.